The predicted octanol–water partition coefficient (Wildman–Crippen LogP) is 4.40. The van der Waals surface area contributed by atoms with Crippen LogP contribution in [0, 0.1) is 31.1 Å². The van der Waals surface area contributed by atoms with Gasteiger partial charge in [0.1, 0.15) is 0 Å². The molecule has 3 atom stereocenters. The third-order valence-electron chi connectivity index (χ3n) is 6.55. The molecule has 3 aliphatic carbocycles. The minimum atomic E-state index is 0.563. The molecule has 3 aliphatic rings. The second-order valence-corrected chi connectivity index (χ2v) is 8.19. The lowest BCUT2D eigenvalue weighted by atomic mass is 9.69. The molecule has 4 rings (SSSR count). The Morgan fingerprint density at radius 2 is 1.95 bits per heavy atom. The van der Waals surface area contributed by atoms with Gasteiger partial charge in [0.25, 0.3) is 0 Å². The van der Waals surface area contributed by atoms with Crippen LogP contribution in [0.2, 0.25) is 0 Å². The van der Waals surface area contributed by atoms with Crippen LogP contribution in [0.1, 0.15) is 55.2 Å². The smallest absolute Gasteiger partial charge is 0.00684 e. The zero-order valence-corrected chi connectivity index (χ0v) is 13.6. The maximum atomic E-state index is 3.87. The van der Waals surface area contributed by atoms with Gasteiger partial charge >= 0.3 is 0 Å². The summed E-state index contributed by atoms with van der Waals surface area (Å²) in [6.07, 6.45) is 10.1. The first-order valence-corrected chi connectivity index (χ1v) is 8.94. The van der Waals surface area contributed by atoms with Crippen LogP contribution >= 0.6 is 0 Å². The highest BCUT2D eigenvalue weighted by Crippen LogP contribution is 2.57. The summed E-state index contributed by atoms with van der Waals surface area (Å²) < 4.78 is 0. The van der Waals surface area contributed by atoms with Gasteiger partial charge in [-0.1, -0.05) is 24.6 Å². The fourth-order valence-electron chi connectivity index (χ4n) is 5.01. The summed E-state index contributed by atoms with van der Waals surface area (Å²) in [6, 6.07) is 7.99. The number of rotatable bonds is 5. The van der Waals surface area contributed by atoms with Crippen molar-refractivity contribution in [1.29, 1.82) is 0 Å². The van der Waals surface area contributed by atoms with Crippen LogP contribution in [0.3, 0.4) is 0 Å². The molecular weight excluding hydrogens is 254 g/mol. The molecule has 1 heteroatoms. The molecule has 1 aromatic rings. The molecule has 0 heterocycles. The molecule has 1 aromatic carbocycles. The minimum Gasteiger partial charge on any atom is -0.313 e. The Morgan fingerprint density at radius 1 is 1.10 bits per heavy atom. The monoisotopic (exact) mass is 283 g/mol. The molecule has 3 saturated carbocycles. The Morgan fingerprint density at radius 3 is 2.57 bits per heavy atom. The van der Waals surface area contributed by atoms with Crippen LogP contribution in [0.15, 0.2) is 18.2 Å². The standard InChI is InChI=1S/C20H29N/c1-14-3-4-16(9-15(14)2)11-20(13-21-19-7-8-19)12-17-5-6-18(20)10-17/h3-4,9,17-19,21H,5-8,10-13H2,1-2H3. The van der Waals surface area contributed by atoms with Gasteiger partial charge in [-0.25, -0.2) is 0 Å². The SMILES string of the molecule is Cc1ccc(CC2(CNC3CC3)CC3CCC2C3)cc1C. The first-order chi connectivity index (χ1) is 10.1. The molecule has 0 radical (unpaired) electrons. The molecule has 21 heavy (non-hydrogen) atoms. The van der Waals surface area contributed by atoms with Crippen molar-refractivity contribution in [3.8, 4) is 0 Å². The molecule has 1 nitrogen and oxygen atoms in total. The third kappa shape index (κ3) is 2.65. The molecule has 3 fully saturated rings. The zero-order chi connectivity index (χ0) is 14.4. The van der Waals surface area contributed by atoms with Gasteiger partial charge in [-0.05, 0) is 86.3 Å². The molecular formula is C20H29N. The Bertz CT molecular complexity index is 531. The van der Waals surface area contributed by atoms with Crippen molar-refractivity contribution in [2.45, 2.75) is 64.8 Å². The van der Waals surface area contributed by atoms with Crippen LogP contribution in [-0.4, -0.2) is 12.6 Å². The lowest BCUT2D eigenvalue weighted by Gasteiger charge is -2.38. The second kappa shape index (κ2) is 5.12. The number of hydrogen-bond acceptors (Lipinski definition) is 1. The van der Waals surface area contributed by atoms with Crippen LogP contribution in [0.5, 0.6) is 0 Å². The highest BCUT2D eigenvalue weighted by atomic mass is 15.0. The van der Waals surface area contributed by atoms with E-state index >= 15 is 0 Å². The van der Waals surface area contributed by atoms with E-state index in [0.29, 0.717) is 5.41 Å². The predicted molar refractivity (Wildman–Crippen MR) is 88.5 cm³/mol. The van der Waals surface area contributed by atoms with Crippen LogP contribution in [-0.2, 0) is 6.42 Å². The average molecular weight is 283 g/mol. The fraction of sp³-hybridized carbons (Fsp3) is 0.700. The van der Waals surface area contributed by atoms with E-state index in [1.54, 1.807) is 5.56 Å². The van der Waals surface area contributed by atoms with Crippen molar-refractivity contribution in [2.75, 3.05) is 6.54 Å². The van der Waals surface area contributed by atoms with Gasteiger partial charge in [0, 0.05) is 12.6 Å². The molecule has 3 unspecified atom stereocenters. The summed E-state index contributed by atoms with van der Waals surface area (Å²) >= 11 is 0. The molecule has 114 valence electrons. The van der Waals surface area contributed by atoms with Crippen LogP contribution < -0.4 is 5.32 Å². The maximum Gasteiger partial charge on any atom is 0.00684 e. The van der Waals surface area contributed by atoms with E-state index < -0.39 is 0 Å². The molecule has 0 aromatic heterocycles. The molecule has 0 amide bonds. The molecule has 2 bridgehead atoms. The first-order valence-electron chi connectivity index (χ1n) is 8.94. The second-order valence-electron chi connectivity index (χ2n) is 8.19. The quantitative estimate of drug-likeness (QED) is 0.844. The lowest BCUT2D eigenvalue weighted by molar-refractivity contribution is 0.155. The Balaban J connectivity index is 1.55. The number of hydrogen-bond donors (Lipinski definition) is 1. The van der Waals surface area contributed by atoms with Gasteiger partial charge in [-0.2, -0.15) is 0 Å². The van der Waals surface area contributed by atoms with E-state index in [9.17, 15) is 0 Å². The van der Waals surface area contributed by atoms with E-state index in [4.69, 9.17) is 0 Å². The van der Waals surface area contributed by atoms with Gasteiger partial charge < -0.3 is 5.32 Å². The highest BCUT2D eigenvalue weighted by molar-refractivity contribution is 5.31. The van der Waals surface area contributed by atoms with Gasteiger partial charge in [0.05, 0.1) is 0 Å². The average Bonchev–Trinajstić information content (AvgIpc) is 3.10. The number of benzene rings is 1. The molecule has 1 N–H and O–H groups in total. The molecule has 0 spiro atoms. The van der Waals surface area contributed by atoms with Gasteiger partial charge in [-0.3, -0.25) is 0 Å². The van der Waals surface area contributed by atoms with Gasteiger partial charge in [-0.15, -0.1) is 0 Å². The highest BCUT2D eigenvalue weighted by Gasteiger charge is 2.50. The van der Waals surface area contributed by atoms with Crippen LogP contribution in [0.4, 0.5) is 0 Å². The Labute approximate surface area is 129 Å². The first kappa shape index (κ1) is 13.8. The van der Waals surface area contributed by atoms with Crippen LogP contribution in [0.25, 0.3) is 0 Å². The maximum absolute atomic E-state index is 3.87. The Hall–Kier alpha value is -0.820. The lowest BCUT2D eigenvalue weighted by Crippen LogP contribution is -2.41. The van der Waals surface area contributed by atoms with Crippen molar-refractivity contribution in [3.05, 3.63) is 34.9 Å². The number of nitrogens with one attached hydrogen (secondary N) is 1. The van der Waals surface area contributed by atoms with E-state index in [2.05, 4.69) is 37.4 Å². The number of aryl methyl sites for hydroxylation is 2. The van der Waals surface area contributed by atoms with E-state index in [1.165, 1.54) is 62.6 Å². The summed E-state index contributed by atoms with van der Waals surface area (Å²) in [5.41, 5.74) is 5.02. The van der Waals surface area contributed by atoms with Crippen molar-refractivity contribution >= 4 is 0 Å². The minimum absolute atomic E-state index is 0.563. The molecule has 0 aliphatic heterocycles. The van der Waals surface area contributed by atoms with E-state index in [-0.39, 0.29) is 0 Å². The van der Waals surface area contributed by atoms with E-state index in [1.807, 2.05) is 0 Å². The zero-order valence-electron chi connectivity index (χ0n) is 13.6. The summed E-state index contributed by atoms with van der Waals surface area (Å²) in [6.45, 7) is 5.75. The number of fused-ring (bicyclic) bond motifs is 2. The Kier molecular flexibility index (Phi) is 3.37. The summed E-state index contributed by atoms with van der Waals surface area (Å²) in [5, 5.41) is 3.87. The normalized spacial score (nSPS) is 34.6. The molecule has 0 saturated heterocycles. The fourth-order valence-corrected chi connectivity index (χ4v) is 5.01. The van der Waals surface area contributed by atoms with Crippen molar-refractivity contribution < 1.29 is 0 Å². The van der Waals surface area contributed by atoms with Gasteiger partial charge in [0.2, 0.25) is 0 Å². The third-order valence-corrected chi connectivity index (χ3v) is 6.55. The van der Waals surface area contributed by atoms with Gasteiger partial charge in [0.15, 0.2) is 0 Å². The van der Waals surface area contributed by atoms with Crippen molar-refractivity contribution in [1.82, 2.24) is 5.32 Å². The topological polar surface area (TPSA) is 12.0 Å². The largest absolute Gasteiger partial charge is 0.313 e. The summed E-state index contributed by atoms with van der Waals surface area (Å²) in [7, 11) is 0. The van der Waals surface area contributed by atoms with Crippen molar-refractivity contribution in [3.63, 3.8) is 0 Å². The summed E-state index contributed by atoms with van der Waals surface area (Å²) in [5.74, 6) is 2.01. The van der Waals surface area contributed by atoms with Crippen molar-refractivity contribution in [2.24, 2.45) is 17.3 Å². The van der Waals surface area contributed by atoms with E-state index in [0.717, 1.165) is 17.9 Å². The summed E-state index contributed by atoms with van der Waals surface area (Å²) in [4.78, 5) is 0.